The summed E-state index contributed by atoms with van der Waals surface area (Å²) < 4.78 is 18.3. The lowest BCUT2D eigenvalue weighted by Crippen LogP contribution is -2.03. The van der Waals surface area contributed by atoms with Crippen LogP contribution in [-0.2, 0) is 17.6 Å². The van der Waals surface area contributed by atoms with E-state index >= 15 is 0 Å². The van der Waals surface area contributed by atoms with E-state index in [1.165, 1.54) is 5.56 Å². The van der Waals surface area contributed by atoms with Gasteiger partial charge >= 0.3 is 5.97 Å². The van der Waals surface area contributed by atoms with Gasteiger partial charge in [0.1, 0.15) is 11.5 Å². The molecule has 0 spiro atoms. The van der Waals surface area contributed by atoms with Gasteiger partial charge in [0.25, 0.3) is 0 Å². The summed E-state index contributed by atoms with van der Waals surface area (Å²) in [5.74, 6) is 1.14. The van der Waals surface area contributed by atoms with E-state index in [1.807, 2.05) is 34.7 Å². The number of imidazole rings is 1. The van der Waals surface area contributed by atoms with E-state index in [9.17, 15) is 9.90 Å². The summed E-state index contributed by atoms with van der Waals surface area (Å²) in [4.78, 5) is 16.3. The van der Waals surface area contributed by atoms with Gasteiger partial charge in [-0.2, -0.15) is 0 Å². The minimum Gasteiger partial charge on any atom is -0.493 e. The third-order valence-electron chi connectivity index (χ3n) is 5.72. The van der Waals surface area contributed by atoms with E-state index in [2.05, 4.69) is 24.0 Å². The normalized spacial score (nSPS) is 10.7. The highest BCUT2D eigenvalue weighted by Gasteiger charge is 2.18. The fourth-order valence-electron chi connectivity index (χ4n) is 3.90. The van der Waals surface area contributed by atoms with Gasteiger partial charge in [0, 0.05) is 29.6 Å². The van der Waals surface area contributed by atoms with Crippen molar-refractivity contribution in [3.8, 4) is 17.2 Å². The number of hydrogen-bond donors (Lipinski definition) is 2. The van der Waals surface area contributed by atoms with Crippen LogP contribution in [0.5, 0.6) is 17.2 Å². The van der Waals surface area contributed by atoms with Crippen LogP contribution in [0.3, 0.4) is 0 Å². The van der Waals surface area contributed by atoms with Gasteiger partial charge in [-0.15, -0.1) is 0 Å². The first kappa shape index (κ1) is 23.7. The number of carbonyl (C=O) groups is 1. The van der Waals surface area contributed by atoms with E-state index in [1.54, 1.807) is 39.7 Å². The molecule has 2 aromatic carbocycles. The van der Waals surface area contributed by atoms with Gasteiger partial charge in [-0.25, -0.2) is 9.78 Å². The second-order valence-electron chi connectivity index (χ2n) is 7.86. The lowest BCUT2D eigenvalue weighted by molar-refractivity contribution is -0.130. The largest absolute Gasteiger partial charge is 0.493 e. The van der Waals surface area contributed by atoms with Gasteiger partial charge < -0.3 is 24.6 Å². The smallest absolute Gasteiger partial charge is 0.335 e. The molecule has 0 bridgehead atoms. The number of nitrogens with zero attached hydrogens (tertiary/aromatic N) is 2. The summed E-state index contributed by atoms with van der Waals surface area (Å²) in [6, 6.07) is 17.3. The summed E-state index contributed by atoms with van der Waals surface area (Å²) in [6.07, 6.45) is 3.20. The first-order chi connectivity index (χ1) is 16.9. The molecule has 0 radical (unpaired) electrons. The zero-order chi connectivity index (χ0) is 24.9. The molecule has 2 N–H and O–H groups in total. The first-order valence-corrected chi connectivity index (χ1v) is 11.0. The SMILES string of the molecule is C=C(C(=O)O)c1ccc2nc(CCc3ccccc3)c(Nc3cc(OC)c(OC)c(OC)c3)n2c1. The fraction of sp³-hybridized carbons (Fsp3) is 0.185. The Kier molecular flexibility index (Phi) is 6.91. The maximum absolute atomic E-state index is 11.5. The summed E-state index contributed by atoms with van der Waals surface area (Å²) in [5, 5.41) is 12.8. The lowest BCUT2D eigenvalue weighted by Gasteiger charge is -2.16. The van der Waals surface area contributed by atoms with Crippen LogP contribution in [0.2, 0.25) is 0 Å². The van der Waals surface area contributed by atoms with Gasteiger partial charge in [0.05, 0.1) is 32.6 Å². The number of rotatable bonds is 10. The molecule has 180 valence electrons. The maximum atomic E-state index is 11.5. The van der Waals surface area contributed by atoms with Crippen LogP contribution >= 0.6 is 0 Å². The molecule has 0 aliphatic carbocycles. The van der Waals surface area contributed by atoms with Crippen molar-refractivity contribution in [2.24, 2.45) is 0 Å². The molecule has 0 aliphatic rings. The Bertz CT molecular complexity index is 1350. The topological polar surface area (TPSA) is 94.3 Å². The number of anilines is 2. The maximum Gasteiger partial charge on any atom is 0.335 e. The summed E-state index contributed by atoms with van der Waals surface area (Å²) in [5.41, 5.74) is 3.91. The third-order valence-corrected chi connectivity index (χ3v) is 5.72. The van der Waals surface area contributed by atoms with Crippen molar-refractivity contribution in [3.63, 3.8) is 0 Å². The molecule has 0 aliphatic heterocycles. The number of fused-ring (bicyclic) bond motifs is 1. The van der Waals surface area contributed by atoms with Crippen LogP contribution in [0.25, 0.3) is 11.2 Å². The Labute approximate surface area is 203 Å². The van der Waals surface area contributed by atoms with Crippen LogP contribution in [0.4, 0.5) is 11.5 Å². The van der Waals surface area contributed by atoms with Gasteiger partial charge in [0.2, 0.25) is 5.75 Å². The number of pyridine rings is 1. The number of carboxylic acids is 1. The van der Waals surface area contributed by atoms with Crippen molar-refractivity contribution in [2.75, 3.05) is 26.6 Å². The molecule has 0 amide bonds. The van der Waals surface area contributed by atoms with Crippen LogP contribution in [0, 0.1) is 0 Å². The minimum atomic E-state index is -1.08. The molecule has 4 aromatic rings. The number of methoxy groups -OCH3 is 3. The molecule has 8 nitrogen and oxygen atoms in total. The van der Waals surface area contributed by atoms with Gasteiger partial charge in [-0.1, -0.05) is 36.9 Å². The Morgan fingerprint density at radius 1 is 1.00 bits per heavy atom. The second-order valence-corrected chi connectivity index (χ2v) is 7.86. The highest BCUT2D eigenvalue weighted by Crippen LogP contribution is 2.41. The van der Waals surface area contributed by atoms with Gasteiger partial charge in [-0.05, 0) is 30.5 Å². The molecule has 0 unspecified atom stereocenters. The number of aryl methyl sites for hydroxylation is 2. The number of hydrogen-bond acceptors (Lipinski definition) is 6. The molecule has 0 saturated heterocycles. The summed E-state index contributed by atoms with van der Waals surface area (Å²) in [6.45, 7) is 3.69. The van der Waals surface area contributed by atoms with Crippen molar-refractivity contribution >= 4 is 28.7 Å². The van der Waals surface area contributed by atoms with Crippen molar-refractivity contribution in [1.29, 1.82) is 0 Å². The molecule has 35 heavy (non-hydrogen) atoms. The van der Waals surface area contributed by atoms with E-state index < -0.39 is 5.97 Å². The van der Waals surface area contributed by atoms with Crippen LogP contribution in [-0.4, -0.2) is 41.8 Å². The standard InChI is InChI=1S/C27H27N3O5/c1-17(27(31)32)19-11-13-24-29-21(12-10-18-8-6-5-7-9-18)26(30(24)16-19)28-20-14-22(33-2)25(35-4)23(15-20)34-3/h5-9,11,13-16,28H,1,10,12H2,2-4H3,(H,31,32). The highest BCUT2D eigenvalue weighted by atomic mass is 16.5. The van der Waals surface area contributed by atoms with Crippen LogP contribution in [0.15, 0.2) is 67.4 Å². The van der Waals surface area contributed by atoms with Crippen LogP contribution < -0.4 is 19.5 Å². The Morgan fingerprint density at radius 3 is 2.29 bits per heavy atom. The number of ether oxygens (including phenoxy) is 3. The minimum absolute atomic E-state index is 0.00479. The molecule has 2 aromatic heterocycles. The van der Waals surface area contributed by atoms with Gasteiger partial charge in [-0.3, -0.25) is 4.40 Å². The summed E-state index contributed by atoms with van der Waals surface area (Å²) in [7, 11) is 4.67. The highest BCUT2D eigenvalue weighted by molar-refractivity contribution is 6.14. The molecule has 0 atom stereocenters. The number of nitrogens with one attached hydrogen (secondary N) is 1. The van der Waals surface area contributed by atoms with Crippen molar-refractivity contribution in [2.45, 2.75) is 12.8 Å². The molecule has 0 fully saturated rings. The molecule has 2 heterocycles. The first-order valence-electron chi connectivity index (χ1n) is 11.0. The lowest BCUT2D eigenvalue weighted by atomic mass is 10.1. The average Bonchev–Trinajstić information content (AvgIpc) is 3.23. The Balaban J connectivity index is 1.80. The van der Waals surface area contributed by atoms with E-state index in [4.69, 9.17) is 19.2 Å². The van der Waals surface area contributed by atoms with Crippen LogP contribution in [0.1, 0.15) is 16.8 Å². The zero-order valence-electron chi connectivity index (χ0n) is 19.9. The van der Waals surface area contributed by atoms with E-state index in [0.717, 1.165) is 12.1 Å². The molecular weight excluding hydrogens is 446 g/mol. The van der Waals surface area contributed by atoms with E-state index in [-0.39, 0.29) is 5.57 Å². The third kappa shape index (κ3) is 4.91. The molecule has 4 rings (SSSR count). The monoisotopic (exact) mass is 473 g/mol. The number of benzene rings is 2. The van der Waals surface area contributed by atoms with E-state index in [0.29, 0.717) is 46.4 Å². The predicted molar refractivity (Wildman–Crippen MR) is 135 cm³/mol. The van der Waals surface area contributed by atoms with Gasteiger partial charge in [0.15, 0.2) is 11.5 Å². The molecule has 0 saturated carbocycles. The summed E-state index contributed by atoms with van der Waals surface area (Å²) >= 11 is 0. The number of aromatic nitrogens is 2. The predicted octanol–water partition coefficient (Wildman–Crippen LogP) is 4.99. The average molecular weight is 474 g/mol. The van der Waals surface area contributed by atoms with Crippen molar-refractivity contribution in [1.82, 2.24) is 9.38 Å². The quantitative estimate of drug-likeness (QED) is 0.314. The van der Waals surface area contributed by atoms with Crippen molar-refractivity contribution in [3.05, 3.63) is 84.2 Å². The Morgan fingerprint density at radius 2 is 1.69 bits per heavy atom. The number of carboxylic acid groups (broad SMARTS) is 1. The number of aliphatic carboxylic acids is 1. The molecular formula is C27H27N3O5. The second kappa shape index (κ2) is 10.2. The molecule has 8 heteroatoms. The van der Waals surface area contributed by atoms with Crippen molar-refractivity contribution < 1.29 is 24.1 Å². The Hall–Kier alpha value is -4.46. The zero-order valence-corrected chi connectivity index (χ0v) is 19.9. The fourth-order valence-corrected chi connectivity index (χ4v) is 3.90.